The second-order valence-electron chi connectivity index (χ2n) is 6.04. The van der Waals surface area contributed by atoms with Crippen molar-refractivity contribution < 1.29 is 9.15 Å². The Kier molecular flexibility index (Phi) is 3.69. The first kappa shape index (κ1) is 14.8. The minimum atomic E-state index is 0.295. The predicted molar refractivity (Wildman–Crippen MR) is 94.3 cm³/mol. The molecular formula is C21H19NO2. The molecule has 0 amide bonds. The van der Waals surface area contributed by atoms with Crippen molar-refractivity contribution >= 4 is 11.6 Å². The third-order valence-electron chi connectivity index (χ3n) is 4.49. The normalized spacial score (nSPS) is 16.4. The number of aromatic nitrogens is 1. The summed E-state index contributed by atoms with van der Waals surface area (Å²) >= 11 is 0. The Morgan fingerprint density at radius 1 is 1.04 bits per heavy atom. The fourth-order valence-corrected chi connectivity index (χ4v) is 3.29. The van der Waals surface area contributed by atoms with Gasteiger partial charge in [0.25, 0.3) is 0 Å². The van der Waals surface area contributed by atoms with E-state index in [1.54, 1.807) is 7.11 Å². The third kappa shape index (κ3) is 2.62. The zero-order chi connectivity index (χ0) is 16.5. The first-order chi connectivity index (χ1) is 11.7. The lowest BCUT2D eigenvalue weighted by molar-refractivity contribution is 0.415. The number of aryl methyl sites for hydroxylation is 1. The van der Waals surface area contributed by atoms with Crippen LogP contribution in [0.2, 0.25) is 0 Å². The average Bonchev–Trinajstić information content (AvgIpc) is 3.02. The van der Waals surface area contributed by atoms with E-state index >= 15 is 0 Å². The van der Waals surface area contributed by atoms with E-state index in [1.165, 1.54) is 16.7 Å². The SMILES string of the molecule is COc1ccc(C2=c3nc(C)oc3=CC(c3ccccc3)C2)cc1. The highest BCUT2D eigenvalue weighted by molar-refractivity contribution is 5.69. The maximum atomic E-state index is 5.84. The van der Waals surface area contributed by atoms with Gasteiger partial charge in [-0.05, 0) is 41.3 Å². The van der Waals surface area contributed by atoms with Gasteiger partial charge in [-0.25, -0.2) is 4.98 Å². The molecular weight excluding hydrogens is 298 g/mol. The van der Waals surface area contributed by atoms with Gasteiger partial charge < -0.3 is 9.15 Å². The van der Waals surface area contributed by atoms with Crippen molar-refractivity contribution in [3.63, 3.8) is 0 Å². The van der Waals surface area contributed by atoms with Crippen LogP contribution in [0.4, 0.5) is 0 Å². The molecule has 1 aliphatic carbocycles. The van der Waals surface area contributed by atoms with Crippen molar-refractivity contribution in [2.45, 2.75) is 19.3 Å². The summed E-state index contributed by atoms with van der Waals surface area (Å²) in [7, 11) is 1.68. The van der Waals surface area contributed by atoms with E-state index < -0.39 is 0 Å². The van der Waals surface area contributed by atoms with Crippen molar-refractivity contribution in [3.05, 3.63) is 82.4 Å². The summed E-state index contributed by atoms with van der Waals surface area (Å²) in [5, 5.41) is 0.963. The molecule has 3 aromatic rings. The highest BCUT2D eigenvalue weighted by atomic mass is 16.5. The van der Waals surface area contributed by atoms with Crippen LogP contribution >= 0.6 is 0 Å². The van der Waals surface area contributed by atoms with Gasteiger partial charge in [-0.2, -0.15) is 0 Å². The van der Waals surface area contributed by atoms with Crippen LogP contribution in [0.3, 0.4) is 0 Å². The van der Waals surface area contributed by atoms with E-state index in [0.717, 1.165) is 22.9 Å². The van der Waals surface area contributed by atoms with Crippen molar-refractivity contribution in [1.29, 1.82) is 0 Å². The van der Waals surface area contributed by atoms with Crippen LogP contribution in [0.1, 0.15) is 29.4 Å². The smallest absolute Gasteiger partial charge is 0.192 e. The van der Waals surface area contributed by atoms with Crippen molar-refractivity contribution in [3.8, 4) is 5.75 Å². The second-order valence-corrected chi connectivity index (χ2v) is 6.04. The van der Waals surface area contributed by atoms with Gasteiger partial charge in [0, 0.05) is 12.8 Å². The molecule has 24 heavy (non-hydrogen) atoms. The van der Waals surface area contributed by atoms with Gasteiger partial charge in [-0.1, -0.05) is 42.5 Å². The Bertz CT molecular complexity index is 969. The maximum absolute atomic E-state index is 5.84. The number of oxazole rings is 1. The number of methoxy groups -OCH3 is 1. The molecule has 0 aliphatic heterocycles. The Hall–Kier alpha value is -2.81. The Labute approximate surface area is 140 Å². The number of rotatable bonds is 3. The molecule has 2 aromatic carbocycles. The Morgan fingerprint density at radius 3 is 2.50 bits per heavy atom. The van der Waals surface area contributed by atoms with Crippen molar-refractivity contribution in [1.82, 2.24) is 4.98 Å². The summed E-state index contributed by atoms with van der Waals surface area (Å²) in [6.07, 6.45) is 3.10. The summed E-state index contributed by atoms with van der Waals surface area (Å²) in [6, 6.07) is 18.7. The van der Waals surface area contributed by atoms with Crippen molar-refractivity contribution in [2.24, 2.45) is 0 Å². The number of hydrogen-bond donors (Lipinski definition) is 0. The van der Waals surface area contributed by atoms with Crippen LogP contribution in [0.25, 0.3) is 11.6 Å². The summed E-state index contributed by atoms with van der Waals surface area (Å²) in [5.41, 5.74) is 4.56. The molecule has 1 aromatic heterocycles. The van der Waals surface area contributed by atoms with E-state index in [9.17, 15) is 0 Å². The minimum Gasteiger partial charge on any atom is -0.497 e. The van der Waals surface area contributed by atoms with Gasteiger partial charge in [0.1, 0.15) is 11.1 Å². The number of ether oxygens (including phenoxy) is 1. The van der Waals surface area contributed by atoms with Gasteiger partial charge in [-0.15, -0.1) is 0 Å². The first-order valence-corrected chi connectivity index (χ1v) is 8.12. The molecule has 0 saturated carbocycles. The second kappa shape index (κ2) is 6.00. The largest absolute Gasteiger partial charge is 0.497 e. The Morgan fingerprint density at radius 2 is 1.79 bits per heavy atom. The predicted octanol–water partition coefficient (Wildman–Crippen LogP) is 3.16. The molecule has 1 aliphatic rings. The molecule has 0 N–H and O–H groups in total. The molecule has 120 valence electrons. The quantitative estimate of drug-likeness (QED) is 0.744. The molecule has 0 bridgehead atoms. The highest BCUT2D eigenvalue weighted by Crippen LogP contribution is 2.30. The van der Waals surface area contributed by atoms with E-state index in [0.29, 0.717) is 11.8 Å². The van der Waals surface area contributed by atoms with E-state index in [1.807, 2.05) is 25.1 Å². The van der Waals surface area contributed by atoms with Gasteiger partial charge in [-0.3, -0.25) is 0 Å². The first-order valence-electron chi connectivity index (χ1n) is 8.12. The van der Waals surface area contributed by atoms with Crippen LogP contribution in [-0.4, -0.2) is 12.1 Å². The number of nitrogens with zero attached hydrogens (tertiary/aromatic N) is 1. The lowest BCUT2D eigenvalue weighted by Crippen LogP contribution is -2.30. The van der Waals surface area contributed by atoms with Crippen LogP contribution in [0.5, 0.6) is 5.75 Å². The summed E-state index contributed by atoms with van der Waals surface area (Å²) in [6.45, 7) is 1.90. The monoisotopic (exact) mass is 317 g/mol. The summed E-state index contributed by atoms with van der Waals surface area (Å²) in [4.78, 5) is 4.61. The van der Waals surface area contributed by atoms with Gasteiger partial charge in [0.05, 0.1) is 7.11 Å². The molecule has 1 atom stereocenters. The fraction of sp³-hybridized carbons (Fsp3) is 0.190. The lowest BCUT2D eigenvalue weighted by atomic mass is 9.86. The molecule has 4 rings (SSSR count). The third-order valence-corrected chi connectivity index (χ3v) is 4.49. The topological polar surface area (TPSA) is 35.3 Å². The van der Waals surface area contributed by atoms with Gasteiger partial charge in [0.15, 0.2) is 11.3 Å². The van der Waals surface area contributed by atoms with Crippen molar-refractivity contribution in [2.75, 3.05) is 7.11 Å². The molecule has 0 spiro atoms. The molecule has 1 heterocycles. The summed E-state index contributed by atoms with van der Waals surface area (Å²) < 4.78 is 11.1. The van der Waals surface area contributed by atoms with Crippen LogP contribution < -0.4 is 15.5 Å². The van der Waals surface area contributed by atoms with Crippen LogP contribution in [0, 0.1) is 6.92 Å². The Balaban J connectivity index is 1.86. The van der Waals surface area contributed by atoms with E-state index in [4.69, 9.17) is 9.15 Å². The fourth-order valence-electron chi connectivity index (χ4n) is 3.29. The van der Waals surface area contributed by atoms with Crippen LogP contribution in [-0.2, 0) is 0 Å². The molecule has 0 fully saturated rings. The van der Waals surface area contributed by atoms with Gasteiger partial charge in [0.2, 0.25) is 0 Å². The van der Waals surface area contributed by atoms with Crippen LogP contribution in [0.15, 0.2) is 59.0 Å². The number of hydrogen-bond acceptors (Lipinski definition) is 3. The number of fused-ring (bicyclic) bond motifs is 1. The zero-order valence-electron chi connectivity index (χ0n) is 13.8. The molecule has 1 unspecified atom stereocenters. The highest BCUT2D eigenvalue weighted by Gasteiger charge is 2.20. The molecule has 0 radical (unpaired) electrons. The standard InChI is InChI=1S/C21H19NO2/c1-14-22-21-19(16-8-10-18(23-2)11-9-16)12-17(13-20(21)24-14)15-6-4-3-5-7-15/h3-11,13,17H,12H2,1-2H3. The molecule has 3 heteroatoms. The zero-order valence-corrected chi connectivity index (χ0v) is 13.8. The van der Waals surface area contributed by atoms with E-state index in [2.05, 4.69) is 47.5 Å². The van der Waals surface area contributed by atoms with E-state index in [-0.39, 0.29) is 0 Å². The molecule has 0 saturated heterocycles. The molecule has 3 nitrogen and oxygen atoms in total. The lowest BCUT2D eigenvalue weighted by Gasteiger charge is -2.18. The summed E-state index contributed by atoms with van der Waals surface area (Å²) in [5.74, 6) is 1.86. The average molecular weight is 317 g/mol. The van der Waals surface area contributed by atoms with Gasteiger partial charge >= 0.3 is 0 Å². The number of benzene rings is 2. The maximum Gasteiger partial charge on any atom is 0.192 e. The minimum absolute atomic E-state index is 0.295.